The third-order valence-corrected chi connectivity index (χ3v) is 2.05. The van der Waals surface area contributed by atoms with E-state index in [0.29, 0.717) is 0 Å². The van der Waals surface area contributed by atoms with Gasteiger partial charge in [-0.15, -0.1) is 0 Å². The minimum atomic E-state index is -2.76. The fourth-order valence-corrected chi connectivity index (χ4v) is 1.33. The number of aliphatic hydroxyl groups is 1. The molecule has 2 atom stereocenters. The zero-order chi connectivity index (χ0) is 8.48. The molecule has 1 saturated carbocycles. The van der Waals surface area contributed by atoms with Gasteiger partial charge in [-0.2, -0.15) is 0 Å². The monoisotopic (exact) mass is 166 g/mol. The van der Waals surface area contributed by atoms with E-state index in [1.165, 1.54) is 7.11 Å². The van der Waals surface area contributed by atoms with E-state index in [1.54, 1.807) is 0 Å². The zero-order valence-corrected chi connectivity index (χ0v) is 6.39. The molecular weight excluding hydrogens is 154 g/mol. The molecular formula is C7H12F2O2. The molecule has 66 valence electrons. The summed E-state index contributed by atoms with van der Waals surface area (Å²) in [5, 5.41) is 9.03. The Morgan fingerprint density at radius 3 is 2.64 bits per heavy atom. The van der Waals surface area contributed by atoms with Gasteiger partial charge in [0.1, 0.15) is 6.10 Å². The highest BCUT2D eigenvalue weighted by Crippen LogP contribution is 2.35. The molecule has 0 radical (unpaired) electrons. The average Bonchev–Trinajstić information content (AvgIpc) is 1.94. The molecule has 0 spiro atoms. The van der Waals surface area contributed by atoms with Gasteiger partial charge in [0.25, 0.3) is 5.92 Å². The van der Waals surface area contributed by atoms with Crippen molar-refractivity contribution in [3.63, 3.8) is 0 Å². The fourth-order valence-electron chi connectivity index (χ4n) is 1.33. The summed E-state index contributed by atoms with van der Waals surface area (Å²) in [6.45, 7) is 0. The lowest BCUT2D eigenvalue weighted by molar-refractivity contribution is -0.165. The van der Waals surface area contributed by atoms with Crippen LogP contribution < -0.4 is 0 Å². The summed E-state index contributed by atoms with van der Waals surface area (Å²) in [4.78, 5) is 0. The van der Waals surface area contributed by atoms with Crippen molar-refractivity contribution in [1.82, 2.24) is 0 Å². The van der Waals surface area contributed by atoms with Gasteiger partial charge >= 0.3 is 0 Å². The number of rotatable bonds is 1. The molecule has 0 unspecified atom stereocenters. The van der Waals surface area contributed by atoms with Crippen LogP contribution in [0.5, 0.6) is 0 Å². The average molecular weight is 166 g/mol. The van der Waals surface area contributed by atoms with Crippen LogP contribution in [0.1, 0.15) is 19.3 Å². The van der Waals surface area contributed by atoms with Crippen LogP contribution in [-0.2, 0) is 4.74 Å². The summed E-state index contributed by atoms with van der Waals surface area (Å²) >= 11 is 0. The van der Waals surface area contributed by atoms with Gasteiger partial charge in [-0.25, -0.2) is 8.78 Å². The highest BCUT2D eigenvalue weighted by molar-refractivity contribution is 4.86. The molecule has 0 aliphatic heterocycles. The Bertz CT molecular complexity index is 138. The van der Waals surface area contributed by atoms with Gasteiger partial charge in [-0.05, 0) is 6.42 Å². The Morgan fingerprint density at radius 1 is 1.55 bits per heavy atom. The smallest absolute Gasteiger partial charge is 0.273 e. The van der Waals surface area contributed by atoms with Gasteiger partial charge in [0.2, 0.25) is 0 Å². The van der Waals surface area contributed by atoms with E-state index in [2.05, 4.69) is 4.74 Å². The Morgan fingerprint density at radius 2 is 2.18 bits per heavy atom. The van der Waals surface area contributed by atoms with Crippen LogP contribution in [0.2, 0.25) is 0 Å². The Kier molecular flexibility index (Phi) is 2.44. The minimum Gasteiger partial charge on any atom is -0.393 e. The molecule has 0 aromatic heterocycles. The van der Waals surface area contributed by atoms with Gasteiger partial charge < -0.3 is 9.84 Å². The van der Waals surface area contributed by atoms with E-state index in [9.17, 15) is 8.78 Å². The van der Waals surface area contributed by atoms with Crippen molar-refractivity contribution < 1.29 is 18.6 Å². The summed E-state index contributed by atoms with van der Waals surface area (Å²) in [5.41, 5.74) is 0. The Labute approximate surface area is 64.2 Å². The number of hydrogen-bond acceptors (Lipinski definition) is 2. The first-order valence-electron chi connectivity index (χ1n) is 3.65. The zero-order valence-electron chi connectivity index (χ0n) is 6.39. The van der Waals surface area contributed by atoms with Crippen LogP contribution in [0, 0.1) is 0 Å². The molecule has 11 heavy (non-hydrogen) atoms. The Hall–Kier alpha value is -0.220. The van der Waals surface area contributed by atoms with Crippen LogP contribution in [-0.4, -0.2) is 30.3 Å². The predicted molar refractivity (Wildman–Crippen MR) is 35.6 cm³/mol. The molecule has 2 nitrogen and oxygen atoms in total. The van der Waals surface area contributed by atoms with Crippen molar-refractivity contribution in [2.24, 2.45) is 0 Å². The highest BCUT2D eigenvalue weighted by atomic mass is 19.3. The number of aliphatic hydroxyl groups excluding tert-OH is 1. The standard InChI is InChI=1S/C7H12F2O2/c1-11-6-4-5(10)2-3-7(6,8)9/h5-6,10H,2-4H2,1H3/t5-,6+/m0/s1. The second-order valence-electron chi connectivity index (χ2n) is 2.91. The molecule has 0 aromatic carbocycles. The molecule has 1 N–H and O–H groups in total. The first kappa shape index (κ1) is 8.87. The van der Waals surface area contributed by atoms with Crippen LogP contribution in [0.25, 0.3) is 0 Å². The lowest BCUT2D eigenvalue weighted by atomic mass is 9.91. The number of alkyl halides is 2. The van der Waals surface area contributed by atoms with Crippen molar-refractivity contribution in [3.8, 4) is 0 Å². The van der Waals surface area contributed by atoms with Gasteiger partial charge in [0, 0.05) is 20.0 Å². The lowest BCUT2D eigenvalue weighted by Crippen LogP contribution is -2.42. The van der Waals surface area contributed by atoms with E-state index < -0.39 is 18.1 Å². The molecule has 0 aromatic rings. The Balaban J connectivity index is 2.56. The van der Waals surface area contributed by atoms with Crippen molar-refractivity contribution in [2.75, 3.05) is 7.11 Å². The number of halogens is 2. The lowest BCUT2D eigenvalue weighted by Gasteiger charge is -2.32. The van der Waals surface area contributed by atoms with Gasteiger partial charge in [-0.1, -0.05) is 0 Å². The van der Waals surface area contributed by atoms with Crippen molar-refractivity contribution in [1.29, 1.82) is 0 Å². The van der Waals surface area contributed by atoms with Gasteiger partial charge in [-0.3, -0.25) is 0 Å². The second-order valence-corrected chi connectivity index (χ2v) is 2.91. The summed E-state index contributed by atoms with van der Waals surface area (Å²) in [5.74, 6) is -2.76. The van der Waals surface area contributed by atoms with Crippen LogP contribution in [0.3, 0.4) is 0 Å². The molecule has 1 fully saturated rings. The summed E-state index contributed by atoms with van der Waals surface area (Å²) < 4.78 is 30.2. The molecule has 1 aliphatic carbocycles. The maximum atomic E-state index is 12.8. The van der Waals surface area contributed by atoms with Crippen molar-refractivity contribution >= 4 is 0 Å². The molecule has 0 saturated heterocycles. The van der Waals surface area contributed by atoms with E-state index in [4.69, 9.17) is 5.11 Å². The van der Waals surface area contributed by atoms with Crippen molar-refractivity contribution in [3.05, 3.63) is 0 Å². The quantitative estimate of drug-likeness (QED) is 0.633. The van der Waals surface area contributed by atoms with Crippen LogP contribution >= 0.6 is 0 Å². The second kappa shape index (κ2) is 3.03. The van der Waals surface area contributed by atoms with E-state index >= 15 is 0 Å². The maximum Gasteiger partial charge on any atom is 0.273 e. The largest absolute Gasteiger partial charge is 0.393 e. The molecule has 4 heteroatoms. The molecule has 1 rings (SSSR count). The maximum absolute atomic E-state index is 12.8. The normalized spacial score (nSPS) is 37.1. The molecule has 0 heterocycles. The fraction of sp³-hybridized carbons (Fsp3) is 1.00. The van der Waals surface area contributed by atoms with E-state index in [0.717, 1.165) is 0 Å². The third kappa shape index (κ3) is 1.87. The topological polar surface area (TPSA) is 29.5 Å². The summed E-state index contributed by atoms with van der Waals surface area (Å²) in [7, 11) is 1.25. The van der Waals surface area contributed by atoms with E-state index in [-0.39, 0.29) is 19.3 Å². The number of ether oxygens (including phenoxy) is 1. The molecule has 0 amide bonds. The van der Waals surface area contributed by atoms with E-state index in [1.807, 2.05) is 0 Å². The summed E-state index contributed by atoms with van der Waals surface area (Å²) in [6.07, 6.45) is -1.78. The highest BCUT2D eigenvalue weighted by Gasteiger charge is 2.44. The number of hydrogen-bond donors (Lipinski definition) is 1. The van der Waals surface area contributed by atoms with Gasteiger partial charge in [0.15, 0.2) is 0 Å². The van der Waals surface area contributed by atoms with Crippen molar-refractivity contribution in [2.45, 2.75) is 37.4 Å². The van der Waals surface area contributed by atoms with Crippen LogP contribution in [0.4, 0.5) is 8.78 Å². The SMILES string of the molecule is CO[C@@H]1C[C@@H](O)CCC1(F)F. The first-order valence-corrected chi connectivity index (χ1v) is 3.65. The molecule has 1 aliphatic rings. The minimum absolute atomic E-state index is 0.0451. The molecule has 0 bridgehead atoms. The predicted octanol–water partition coefficient (Wildman–Crippen LogP) is 1.18. The number of methoxy groups -OCH3 is 1. The first-order chi connectivity index (χ1) is 5.06. The third-order valence-electron chi connectivity index (χ3n) is 2.05. The van der Waals surface area contributed by atoms with Crippen LogP contribution in [0.15, 0.2) is 0 Å². The summed E-state index contributed by atoms with van der Waals surface area (Å²) in [6, 6.07) is 0. The van der Waals surface area contributed by atoms with Gasteiger partial charge in [0.05, 0.1) is 6.10 Å².